The minimum Gasteiger partial charge on any atom is -0.493 e. The smallest absolute Gasteiger partial charge is 0.168 e. The molecule has 0 aliphatic rings. The summed E-state index contributed by atoms with van der Waals surface area (Å²) in [5, 5.41) is 13.5. The summed E-state index contributed by atoms with van der Waals surface area (Å²) in [4.78, 5) is 0. The number of likely N-dealkylation sites (N-methyl/N-ethyl adjacent to an activating group) is 1. The molecule has 0 bridgehead atoms. The lowest BCUT2D eigenvalue weighted by molar-refractivity contribution is 0.163. The molecule has 0 aliphatic carbocycles. The van der Waals surface area contributed by atoms with E-state index in [1.54, 1.807) is 26.3 Å². The first-order chi connectivity index (χ1) is 8.51. The Kier molecular flexibility index (Phi) is 5.72. The van der Waals surface area contributed by atoms with Gasteiger partial charge in [0, 0.05) is 12.1 Å². The summed E-state index contributed by atoms with van der Waals surface area (Å²) in [7, 11) is 3.32. The van der Waals surface area contributed by atoms with Crippen LogP contribution in [0.4, 0.5) is 0 Å². The maximum absolute atomic E-state index is 10.1. The Balaban J connectivity index is 3.26. The second kappa shape index (κ2) is 6.83. The molecular weight excluding hydrogens is 254 g/mol. The largest absolute Gasteiger partial charge is 0.493 e. The Bertz CT molecular complexity index is 396. The average molecular weight is 274 g/mol. The highest BCUT2D eigenvalue weighted by Crippen LogP contribution is 2.40. The van der Waals surface area contributed by atoms with Crippen molar-refractivity contribution in [1.29, 1.82) is 0 Å². The summed E-state index contributed by atoms with van der Waals surface area (Å²) in [6.07, 6.45) is -0.774. The fourth-order valence-electron chi connectivity index (χ4n) is 1.68. The molecule has 0 amide bonds. The van der Waals surface area contributed by atoms with Crippen LogP contribution in [-0.4, -0.2) is 31.9 Å². The second-order valence-corrected chi connectivity index (χ2v) is 4.64. The van der Waals surface area contributed by atoms with Crippen molar-refractivity contribution < 1.29 is 14.6 Å². The highest BCUT2D eigenvalue weighted by molar-refractivity contribution is 6.31. The van der Waals surface area contributed by atoms with Crippen LogP contribution in [0.25, 0.3) is 0 Å². The van der Waals surface area contributed by atoms with Crippen molar-refractivity contribution in [2.45, 2.75) is 26.1 Å². The van der Waals surface area contributed by atoms with Crippen molar-refractivity contribution in [3.63, 3.8) is 0 Å². The number of hydrogen-bond donors (Lipinski definition) is 2. The van der Waals surface area contributed by atoms with Gasteiger partial charge in [0.25, 0.3) is 0 Å². The molecule has 0 aromatic heterocycles. The van der Waals surface area contributed by atoms with E-state index in [1.165, 1.54) is 0 Å². The van der Waals surface area contributed by atoms with Gasteiger partial charge >= 0.3 is 0 Å². The van der Waals surface area contributed by atoms with E-state index in [4.69, 9.17) is 21.1 Å². The third kappa shape index (κ3) is 3.51. The monoisotopic (exact) mass is 273 g/mol. The molecule has 4 nitrogen and oxygen atoms in total. The molecule has 2 N–H and O–H groups in total. The Morgan fingerprint density at radius 3 is 2.56 bits per heavy atom. The Labute approximate surface area is 113 Å². The first-order valence-electron chi connectivity index (χ1n) is 5.87. The average Bonchev–Trinajstić information content (AvgIpc) is 2.29. The maximum Gasteiger partial charge on any atom is 0.168 e. The molecule has 0 aliphatic heterocycles. The predicted octanol–water partition coefficient (Wildman–Crippen LogP) is 2.39. The Morgan fingerprint density at radius 2 is 2.06 bits per heavy atom. The first kappa shape index (κ1) is 15.1. The third-order valence-corrected chi connectivity index (χ3v) is 2.74. The van der Waals surface area contributed by atoms with Crippen LogP contribution in [-0.2, 0) is 0 Å². The summed E-state index contributed by atoms with van der Waals surface area (Å²) in [6, 6.07) is 3.43. The molecule has 0 fully saturated rings. The van der Waals surface area contributed by atoms with Crippen molar-refractivity contribution in [3.8, 4) is 11.5 Å². The van der Waals surface area contributed by atoms with E-state index in [0.29, 0.717) is 28.6 Å². The fraction of sp³-hybridized carbons (Fsp3) is 0.538. The van der Waals surface area contributed by atoms with Crippen LogP contribution in [0.5, 0.6) is 11.5 Å². The van der Waals surface area contributed by atoms with Crippen LogP contribution in [0.2, 0.25) is 5.02 Å². The zero-order valence-electron chi connectivity index (χ0n) is 11.2. The molecule has 1 rings (SSSR count). The first-order valence-corrected chi connectivity index (χ1v) is 6.24. The summed E-state index contributed by atoms with van der Waals surface area (Å²) in [5.74, 6) is 1.07. The number of rotatable bonds is 6. The number of hydrogen-bond acceptors (Lipinski definition) is 4. The zero-order valence-corrected chi connectivity index (χ0v) is 11.9. The van der Waals surface area contributed by atoms with Crippen LogP contribution in [0.1, 0.15) is 25.5 Å². The topological polar surface area (TPSA) is 50.7 Å². The van der Waals surface area contributed by atoms with Gasteiger partial charge < -0.3 is 19.9 Å². The van der Waals surface area contributed by atoms with Crippen molar-refractivity contribution in [2.24, 2.45) is 0 Å². The number of aliphatic hydroxyl groups excluding tert-OH is 1. The van der Waals surface area contributed by atoms with E-state index in [2.05, 4.69) is 5.32 Å². The molecule has 0 heterocycles. The number of halogens is 1. The molecule has 1 aromatic rings. The molecular formula is C13H20ClNO3. The van der Waals surface area contributed by atoms with Gasteiger partial charge in [-0.3, -0.25) is 0 Å². The molecule has 0 saturated heterocycles. The van der Waals surface area contributed by atoms with Crippen molar-refractivity contribution in [3.05, 3.63) is 22.7 Å². The van der Waals surface area contributed by atoms with E-state index >= 15 is 0 Å². The predicted molar refractivity (Wildman–Crippen MR) is 72.7 cm³/mol. The van der Waals surface area contributed by atoms with Crippen LogP contribution >= 0.6 is 11.6 Å². The van der Waals surface area contributed by atoms with Gasteiger partial charge in [-0.25, -0.2) is 0 Å². The van der Waals surface area contributed by atoms with Gasteiger partial charge in [-0.1, -0.05) is 11.6 Å². The standard InChI is InChI=1S/C13H20ClNO3/c1-8(2)18-13-11(17-4)6-5-9(14)12(13)10(16)7-15-3/h5-6,8,10,15-16H,7H2,1-4H3. The number of ether oxygens (including phenoxy) is 2. The lowest BCUT2D eigenvalue weighted by Crippen LogP contribution is -2.19. The molecule has 102 valence electrons. The van der Waals surface area contributed by atoms with Crippen LogP contribution in [0, 0.1) is 0 Å². The molecule has 1 atom stereocenters. The maximum atomic E-state index is 10.1. The summed E-state index contributed by atoms with van der Waals surface area (Å²) in [5.41, 5.74) is 0.555. The van der Waals surface area contributed by atoms with Crippen molar-refractivity contribution in [1.82, 2.24) is 5.32 Å². The van der Waals surface area contributed by atoms with Crippen LogP contribution in [0.3, 0.4) is 0 Å². The van der Waals surface area contributed by atoms with Gasteiger partial charge in [-0.15, -0.1) is 0 Å². The normalized spacial score (nSPS) is 12.6. The zero-order chi connectivity index (χ0) is 13.7. The summed E-state index contributed by atoms with van der Waals surface area (Å²) >= 11 is 6.15. The van der Waals surface area contributed by atoms with Crippen LogP contribution < -0.4 is 14.8 Å². The lowest BCUT2D eigenvalue weighted by atomic mass is 10.1. The molecule has 18 heavy (non-hydrogen) atoms. The summed E-state index contributed by atoms with van der Waals surface area (Å²) < 4.78 is 11.0. The van der Waals surface area contributed by atoms with Gasteiger partial charge in [0.05, 0.1) is 24.3 Å². The quantitative estimate of drug-likeness (QED) is 0.836. The van der Waals surface area contributed by atoms with Gasteiger partial charge in [0.1, 0.15) is 0 Å². The van der Waals surface area contributed by atoms with E-state index in [-0.39, 0.29) is 6.10 Å². The molecule has 1 unspecified atom stereocenters. The number of methoxy groups -OCH3 is 1. The minimum atomic E-state index is -0.744. The molecule has 0 saturated carbocycles. The van der Waals surface area contributed by atoms with Gasteiger partial charge in [0.15, 0.2) is 11.5 Å². The van der Waals surface area contributed by atoms with Gasteiger partial charge in [-0.05, 0) is 33.0 Å². The Morgan fingerprint density at radius 1 is 1.39 bits per heavy atom. The van der Waals surface area contributed by atoms with E-state index in [9.17, 15) is 5.11 Å². The SMILES string of the molecule is CNCC(O)c1c(Cl)ccc(OC)c1OC(C)C. The second-order valence-electron chi connectivity index (χ2n) is 4.23. The third-order valence-electron chi connectivity index (χ3n) is 2.41. The number of nitrogens with one attached hydrogen (secondary N) is 1. The molecule has 5 heteroatoms. The van der Waals surface area contributed by atoms with Gasteiger partial charge in [0.2, 0.25) is 0 Å². The fourth-order valence-corrected chi connectivity index (χ4v) is 1.95. The van der Waals surface area contributed by atoms with Gasteiger partial charge in [-0.2, -0.15) is 0 Å². The number of aliphatic hydroxyl groups is 1. The van der Waals surface area contributed by atoms with Crippen LogP contribution in [0.15, 0.2) is 12.1 Å². The highest BCUT2D eigenvalue weighted by atomic mass is 35.5. The highest BCUT2D eigenvalue weighted by Gasteiger charge is 2.21. The minimum absolute atomic E-state index is 0.0297. The summed E-state index contributed by atoms with van der Waals surface area (Å²) in [6.45, 7) is 4.21. The van der Waals surface area contributed by atoms with Crippen molar-refractivity contribution in [2.75, 3.05) is 20.7 Å². The number of benzene rings is 1. The Hall–Kier alpha value is -0.970. The molecule has 1 aromatic carbocycles. The van der Waals surface area contributed by atoms with E-state index in [1.807, 2.05) is 13.8 Å². The molecule has 0 radical (unpaired) electrons. The van der Waals surface area contributed by atoms with Crippen molar-refractivity contribution >= 4 is 11.6 Å². The van der Waals surface area contributed by atoms with E-state index in [0.717, 1.165) is 0 Å². The molecule has 0 spiro atoms. The van der Waals surface area contributed by atoms with E-state index < -0.39 is 6.10 Å². The lowest BCUT2D eigenvalue weighted by Gasteiger charge is -2.21.